The number of thiazole rings is 1. The number of nitrogens with one attached hydrogen (secondary N) is 1. The maximum Gasteiger partial charge on any atom is 0.250 e. The molecule has 2 rings (SSSR count). The molecule has 2 aromatic rings. The zero-order valence-electron chi connectivity index (χ0n) is 10.9. The Kier molecular flexibility index (Phi) is 3.71. The number of primary amides is 1. The van der Waals surface area contributed by atoms with E-state index in [4.69, 9.17) is 11.5 Å². The number of carbonyl (C=O) groups excluding carboxylic acids is 1. The molecule has 100 valence electrons. The van der Waals surface area contributed by atoms with Crippen molar-refractivity contribution in [1.29, 1.82) is 0 Å². The fraction of sp³-hybridized carbons (Fsp3) is 0.231. The molecule has 0 aliphatic rings. The monoisotopic (exact) mass is 276 g/mol. The number of hydrogen-bond donors (Lipinski definition) is 3. The van der Waals surface area contributed by atoms with Gasteiger partial charge in [-0.1, -0.05) is 6.92 Å². The van der Waals surface area contributed by atoms with Crippen molar-refractivity contribution in [3.63, 3.8) is 0 Å². The van der Waals surface area contributed by atoms with Gasteiger partial charge in [0.25, 0.3) is 5.91 Å². The SMILES string of the molecule is CCc1nc(Nc2ccc(N)cc2C(N)=O)sc1C. The molecule has 1 heterocycles. The van der Waals surface area contributed by atoms with Crippen LogP contribution in [-0.4, -0.2) is 10.9 Å². The van der Waals surface area contributed by atoms with E-state index in [1.54, 1.807) is 29.5 Å². The van der Waals surface area contributed by atoms with Crippen molar-refractivity contribution < 1.29 is 4.79 Å². The fourth-order valence-electron chi connectivity index (χ4n) is 1.80. The minimum Gasteiger partial charge on any atom is -0.399 e. The summed E-state index contributed by atoms with van der Waals surface area (Å²) in [5.41, 5.74) is 13.6. The quantitative estimate of drug-likeness (QED) is 0.747. The number of hydrogen-bond acceptors (Lipinski definition) is 5. The van der Waals surface area contributed by atoms with Crippen molar-refractivity contribution >= 4 is 33.8 Å². The van der Waals surface area contributed by atoms with E-state index in [0.717, 1.165) is 17.2 Å². The van der Waals surface area contributed by atoms with Crippen LogP contribution in [0.25, 0.3) is 0 Å². The Labute approximate surface area is 115 Å². The molecule has 0 atom stereocenters. The standard InChI is InChI=1S/C13H16N4OS/c1-3-10-7(2)19-13(16-10)17-11-5-4-8(14)6-9(11)12(15)18/h4-6H,3,14H2,1-2H3,(H2,15,18)(H,16,17). The second kappa shape index (κ2) is 5.27. The average molecular weight is 276 g/mol. The Balaban J connectivity index is 2.34. The molecule has 0 saturated carbocycles. The third kappa shape index (κ3) is 2.85. The van der Waals surface area contributed by atoms with Crippen molar-refractivity contribution in [3.8, 4) is 0 Å². The molecule has 1 aromatic carbocycles. The minimum atomic E-state index is -0.515. The molecule has 0 aliphatic carbocycles. The van der Waals surface area contributed by atoms with Crippen LogP contribution in [0.5, 0.6) is 0 Å². The molecule has 1 amide bonds. The van der Waals surface area contributed by atoms with E-state index in [1.165, 1.54) is 4.88 Å². The Bertz CT molecular complexity index is 621. The lowest BCUT2D eigenvalue weighted by molar-refractivity contribution is 0.100. The number of rotatable bonds is 4. The van der Waals surface area contributed by atoms with E-state index < -0.39 is 5.91 Å². The molecule has 6 heteroatoms. The molecule has 0 aliphatic heterocycles. The summed E-state index contributed by atoms with van der Waals surface area (Å²) in [6.45, 7) is 4.09. The van der Waals surface area contributed by atoms with Crippen molar-refractivity contribution in [1.82, 2.24) is 4.98 Å². The molecule has 1 aromatic heterocycles. The van der Waals surface area contributed by atoms with Gasteiger partial charge in [0.05, 0.1) is 16.9 Å². The van der Waals surface area contributed by atoms with E-state index in [-0.39, 0.29) is 0 Å². The van der Waals surface area contributed by atoms with Crippen LogP contribution in [0.3, 0.4) is 0 Å². The molecule has 0 spiro atoms. The van der Waals surface area contributed by atoms with Gasteiger partial charge in [-0.2, -0.15) is 0 Å². The van der Waals surface area contributed by atoms with Crippen LogP contribution in [0, 0.1) is 6.92 Å². The molecule has 0 unspecified atom stereocenters. The minimum absolute atomic E-state index is 0.367. The van der Waals surface area contributed by atoms with Crippen molar-refractivity contribution in [2.75, 3.05) is 11.1 Å². The van der Waals surface area contributed by atoms with Crippen LogP contribution in [-0.2, 0) is 6.42 Å². The highest BCUT2D eigenvalue weighted by Crippen LogP contribution is 2.28. The van der Waals surface area contributed by atoms with Crippen LogP contribution in [0.15, 0.2) is 18.2 Å². The highest BCUT2D eigenvalue weighted by atomic mass is 32.1. The number of amides is 1. The summed E-state index contributed by atoms with van der Waals surface area (Å²) in [6, 6.07) is 5.01. The van der Waals surface area contributed by atoms with Crippen molar-refractivity contribution in [2.45, 2.75) is 20.3 Å². The second-order valence-corrected chi connectivity index (χ2v) is 5.37. The number of aryl methyl sites for hydroxylation is 2. The van der Waals surface area contributed by atoms with Crippen LogP contribution in [0.4, 0.5) is 16.5 Å². The van der Waals surface area contributed by atoms with E-state index >= 15 is 0 Å². The number of nitrogens with zero attached hydrogens (tertiary/aromatic N) is 1. The topological polar surface area (TPSA) is 94.0 Å². The van der Waals surface area contributed by atoms with Gasteiger partial charge in [-0.05, 0) is 31.5 Å². The summed E-state index contributed by atoms with van der Waals surface area (Å²) in [5.74, 6) is -0.515. The zero-order chi connectivity index (χ0) is 14.0. The van der Waals surface area contributed by atoms with Gasteiger partial charge in [-0.3, -0.25) is 4.79 Å². The largest absolute Gasteiger partial charge is 0.399 e. The van der Waals surface area contributed by atoms with Gasteiger partial charge in [-0.25, -0.2) is 4.98 Å². The Hall–Kier alpha value is -2.08. The zero-order valence-corrected chi connectivity index (χ0v) is 11.7. The van der Waals surface area contributed by atoms with Gasteiger partial charge >= 0.3 is 0 Å². The molecule has 19 heavy (non-hydrogen) atoms. The Morgan fingerprint density at radius 3 is 2.79 bits per heavy atom. The summed E-state index contributed by atoms with van der Waals surface area (Å²) in [7, 11) is 0. The highest BCUT2D eigenvalue weighted by Gasteiger charge is 2.11. The smallest absolute Gasteiger partial charge is 0.250 e. The Morgan fingerprint density at radius 1 is 1.47 bits per heavy atom. The summed E-state index contributed by atoms with van der Waals surface area (Å²) < 4.78 is 0. The molecule has 5 nitrogen and oxygen atoms in total. The number of anilines is 3. The van der Waals surface area contributed by atoms with Gasteiger partial charge in [0.1, 0.15) is 0 Å². The van der Waals surface area contributed by atoms with Gasteiger partial charge in [0, 0.05) is 10.6 Å². The number of benzene rings is 1. The maximum atomic E-state index is 11.4. The predicted octanol–water partition coefficient (Wildman–Crippen LogP) is 2.44. The van der Waals surface area contributed by atoms with Crippen LogP contribution >= 0.6 is 11.3 Å². The average Bonchev–Trinajstić information content (AvgIpc) is 2.71. The summed E-state index contributed by atoms with van der Waals surface area (Å²) >= 11 is 1.55. The van der Waals surface area contributed by atoms with Gasteiger partial charge < -0.3 is 16.8 Å². The molecular formula is C13H16N4OS. The van der Waals surface area contributed by atoms with Crippen LogP contribution in [0.2, 0.25) is 0 Å². The summed E-state index contributed by atoms with van der Waals surface area (Å²) in [6.07, 6.45) is 0.883. The summed E-state index contributed by atoms with van der Waals surface area (Å²) in [5, 5.41) is 3.88. The van der Waals surface area contributed by atoms with Gasteiger partial charge in [-0.15, -0.1) is 11.3 Å². The third-order valence-electron chi connectivity index (χ3n) is 2.78. The van der Waals surface area contributed by atoms with Crippen LogP contribution < -0.4 is 16.8 Å². The first kappa shape index (κ1) is 13.4. The van der Waals surface area contributed by atoms with Crippen molar-refractivity contribution in [3.05, 3.63) is 34.3 Å². The van der Waals surface area contributed by atoms with Gasteiger partial charge in [0.15, 0.2) is 5.13 Å². The van der Waals surface area contributed by atoms with Crippen molar-refractivity contribution in [2.24, 2.45) is 5.73 Å². The lowest BCUT2D eigenvalue weighted by atomic mass is 10.1. The van der Waals surface area contributed by atoms with E-state index in [1.807, 2.05) is 6.92 Å². The number of nitrogen functional groups attached to an aromatic ring is 1. The number of carbonyl (C=O) groups is 1. The number of nitrogens with two attached hydrogens (primary N) is 2. The van der Waals surface area contributed by atoms with E-state index in [0.29, 0.717) is 16.9 Å². The summed E-state index contributed by atoms with van der Waals surface area (Å²) in [4.78, 5) is 17.0. The third-order valence-corrected chi connectivity index (χ3v) is 3.71. The lowest BCUT2D eigenvalue weighted by Crippen LogP contribution is -2.13. The van der Waals surface area contributed by atoms with E-state index in [9.17, 15) is 4.79 Å². The fourth-order valence-corrected chi connectivity index (χ4v) is 2.71. The first-order chi connectivity index (χ1) is 9.01. The first-order valence-electron chi connectivity index (χ1n) is 5.94. The Morgan fingerprint density at radius 2 is 2.21 bits per heavy atom. The van der Waals surface area contributed by atoms with Crippen LogP contribution in [0.1, 0.15) is 27.9 Å². The van der Waals surface area contributed by atoms with Gasteiger partial charge in [0.2, 0.25) is 0 Å². The molecule has 0 saturated heterocycles. The normalized spacial score (nSPS) is 10.4. The predicted molar refractivity (Wildman–Crippen MR) is 78.9 cm³/mol. The lowest BCUT2D eigenvalue weighted by Gasteiger charge is -2.08. The number of aromatic nitrogens is 1. The molecule has 5 N–H and O–H groups in total. The molecule has 0 bridgehead atoms. The highest BCUT2D eigenvalue weighted by molar-refractivity contribution is 7.15. The first-order valence-corrected chi connectivity index (χ1v) is 6.75. The molecule has 0 radical (unpaired) electrons. The maximum absolute atomic E-state index is 11.4. The van der Waals surface area contributed by atoms with E-state index in [2.05, 4.69) is 17.2 Å². The second-order valence-electron chi connectivity index (χ2n) is 4.17. The molecule has 0 fully saturated rings. The molecular weight excluding hydrogens is 260 g/mol.